The molecule has 3 rings (SSSR count). The molecule has 142 valence electrons. The Bertz CT molecular complexity index is 665. The van der Waals surface area contributed by atoms with Crippen LogP contribution in [-0.2, 0) is 6.54 Å². The van der Waals surface area contributed by atoms with Crippen LogP contribution in [0.4, 0.5) is 10.1 Å². The zero-order valence-electron chi connectivity index (χ0n) is 15.0. The van der Waals surface area contributed by atoms with Gasteiger partial charge in [-0.3, -0.25) is 9.67 Å². The van der Waals surface area contributed by atoms with Crippen molar-refractivity contribution < 1.29 is 4.39 Å². The summed E-state index contributed by atoms with van der Waals surface area (Å²) in [7, 11) is 1.82. The number of aromatic nitrogens is 2. The van der Waals surface area contributed by atoms with Gasteiger partial charge in [-0.05, 0) is 36.8 Å². The Balaban J connectivity index is 0.00000243. The van der Waals surface area contributed by atoms with E-state index in [1.807, 2.05) is 36.1 Å². The highest BCUT2D eigenvalue weighted by molar-refractivity contribution is 14.0. The fraction of sp³-hybridized carbons (Fsp3) is 0.444. The number of hydrogen-bond acceptors (Lipinski definition) is 3. The average Bonchev–Trinajstić information content (AvgIpc) is 3.16. The molecule has 0 radical (unpaired) electrons. The van der Waals surface area contributed by atoms with E-state index in [1.165, 1.54) is 12.1 Å². The molecular weight excluding hydrogens is 446 g/mol. The Labute approximate surface area is 171 Å². The van der Waals surface area contributed by atoms with Gasteiger partial charge in [0, 0.05) is 64.4 Å². The Kier molecular flexibility index (Phi) is 8.14. The van der Waals surface area contributed by atoms with E-state index in [0.29, 0.717) is 0 Å². The molecule has 0 unspecified atom stereocenters. The predicted molar refractivity (Wildman–Crippen MR) is 114 cm³/mol. The molecule has 1 N–H and O–H groups in total. The zero-order valence-corrected chi connectivity index (χ0v) is 17.3. The molecule has 1 aromatic carbocycles. The SMILES string of the molecule is CN=C(NCCCn1cccn1)N1CCN(c2ccc(F)cc2)CC1.I. The number of anilines is 1. The van der Waals surface area contributed by atoms with Crippen LogP contribution in [0.2, 0.25) is 0 Å². The third-order valence-electron chi connectivity index (χ3n) is 4.39. The molecule has 1 fully saturated rings. The van der Waals surface area contributed by atoms with E-state index >= 15 is 0 Å². The van der Waals surface area contributed by atoms with E-state index in [9.17, 15) is 4.39 Å². The Morgan fingerprint density at radius 3 is 2.54 bits per heavy atom. The first-order chi connectivity index (χ1) is 12.3. The number of guanidine groups is 1. The first kappa shape index (κ1) is 20.5. The van der Waals surface area contributed by atoms with Crippen molar-refractivity contribution in [2.75, 3.05) is 44.7 Å². The molecule has 0 atom stereocenters. The van der Waals surface area contributed by atoms with Crippen LogP contribution in [0.25, 0.3) is 0 Å². The van der Waals surface area contributed by atoms with Gasteiger partial charge >= 0.3 is 0 Å². The van der Waals surface area contributed by atoms with Crippen LogP contribution in [0, 0.1) is 5.82 Å². The second-order valence-electron chi connectivity index (χ2n) is 6.05. The van der Waals surface area contributed by atoms with E-state index in [4.69, 9.17) is 0 Å². The standard InChI is InChI=1S/C18H25FN6.HI/c1-20-18(21-8-2-10-25-11-3-9-22-25)24-14-12-23(13-15-24)17-6-4-16(19)5-7-17;/h3-7,9,11H,2,8,10,12-15H2,1H3,(H,20,21);1H. The molecule has 8 heteroatoms. The quantitative estimate of drug-likeness (QED) is 0.315. The molecule has 1 aliphatic rings. The maximum atomic E-state index is 13.0. The summed E-state index contributed by atoms with van der Waals surface area (Å²) in [5, 5.41) is 7.64. The Morgan fingerprint density at radius 2 is 1.92 bits per heavy atom. The number of hydrogen-bond donors (Lipinski definition) is 1. The van der Waals surface area contributed by atoms with E-state index in [0.717, 1.165) is 57.3 Å². The van der Waals surface area contributed by atoms with Gasteiger partial charge in [0.1, 0.15) is 5.82 Å². The number of piperazine rings is 1. The second-order valence-corrected chi connectivity index (χ2v) is 6.05. The maximum Gasteiger partial charge on any atom is 0.193 e. The van der Waals surface area contributed by atoms with Crippen molar-refractivity contribution in [2.24, 2.45) is 4.99 Å². The van der Waals surface area contributed by atoms with Crippen molar-refractivity contribution in [3.8, 4) is 0 Å². The number of aryl methyl sites for hydroxylation is 1. The number of benzene rings is 1. The van der Waals surface area contributed by atoms with Crippen LogP contribution in [0.5, 0.6) is 0 Å². The third kappa shape index (κ3) is 5.58. The van der Waals surface area contributed by atoms with Crippen molar-refractivity contribution in [1.82, 2.24) is 20.0 Å². The molecule has 6 nitrogen and oxygen atoms in total. The molecular formula is C18H26FIN6. The summed E-state index contributed by atoms with van der Waals surface area (Å²) in [6, 6.07) is 8.65. The normalized spacial score (nSPS) is 14.9. The molecule has 2 aromatic rings. The van der Waals surface area contributed by atoms with Crippen LogP contribution in [0.1, 0.15) is 6.42 Å². The fourth-order valence-electron chi connectivity index (χ4n) is 3.03. The van der Waals surface area contributed by atoms with E-state index in [-0.39, 0.29) is 29.8 Å². The van der Waals surface area contributed by atoms with Gasteiger partial charge in [0.25, 0.3) is 0 Å². The smallest absolute Gasteiger partial charge is 0.193 e. The molecule has 0 saturated carbocycles. The van der Waals surface area contributed by atoms with E-state index in [2.05, 4.69) is 25.2 Å². The lowest BCUT2D eigenvalue weighted by molar-refractivity contribution is 0.371. The average molecular weight is 472 g/mol. The molecule has 2 heterocycles. The predicted octanol–water partition coefficient (Wildman–Crippen LogP) is 2.43. The van der Waals surface area contributed by atoms with Crippen molar-refractivity contribution in [3.05, 3.63) is 48.5 Å². The number of nitrogens with one attached hydrogen (secondary N) is 1. The minimum absolute atomic E-state index is 0. The van der Waals surface area contributed by atoms with Crippen molar-refractivity contribution in [2.45, 2.75) is 13.0 Å². The van der Waals surface area contributed by atoms with Crippen LogP contribution in [0.3, 0.4) is 0 Å². The minimum atomic E-state index is -0.192. The van der Waals surface area contributed by atoms with Crippen LogP contribution in [-0.4, -0.2) is 60.4 Å². The summed E-state index contributed by atoms with van der Waals surface area (Å²) in [5.74, 6) is 0.751. The summed E-state index contributed by atoms with van der Waals surface area (Å²) in [4.78, 5) is 8.95. The molecule has 26 heavy (non-hydrogen) atoms. The lowest BCUT2D eigenvalue weighted by Crippen LogP contribution is -2.52. The van der Waals surface area contributed by atoms with E-state index in [1.54, 1.807) is 6.20 Å². The highest BCUT2D eigenvalue weighted by Gasteiger charge is 2.19. The van der Waals surface area contributed by atoms with Crippen LogP contribution in [0.15, 0.2) is 47.7 Å². The monoisotopic (exact) mass is 472 g/mol. The second kappa shape index (κ2) is 10.3. The number of nitrogens with zero attached hydrogens (tertiary/aromatic N) is 5. The lowest BCUT2D eigenvalue weighted by Gasteiger charge is -2.37. The highest BCUT2D eigenvalue weighted by Crippen LogP contribution is 2.16. The van der Waals surface area contributed by atoms with Crippen molar-refractivity contribution >= 4 is 35.6 Å². The lowest BCUT2D eigenvalue weighted by atomic mass is 10.2. The zero-order chi connectivity index (χ0) is 17.5. The third-order valence-corrected chi connectivity index (χ3v) is 4.39. The van der Waals surface area contributed by atoms with Crippen LogP contribution < -0.4 is 10.2 Å². The van der Waals surface area contributed by atoms with Gasteiger partial charge in [-0.25, -0.2) is 4.39 Å². The Hall–Kier alpha value is -1.84. The van der Waals surface area contributed by atoms with Gasteiger partial charge < -0.3 is 15.1 Å². The molecule has 1 aromatic heterocycles. The van der Waals surface area contributed by atoms with Crippen molar-refractivity contribution in [1.29, 1.82) is 0 Å². The van der Waals surface area contributed by atoms with Gasteiger partial charge in [-0.1, -0.05) is 0 Å². The van der Waals surface area contributed by atoms with Gasteiger partial charge in [0.2, 0.25) is 0 Å². The summed E-state index contributed by atoms with van der Waals surface area (Å²) in [5.41, 5.74) is 1.07. The van der Waals surface area contributed by atoms with Gasteiger partial charge in [-0.2, -0.15) is 5.10 Å². The topological polar surface area (TPSA) is 48.7 Å². The summed E-state index contributed by atoms with van der Waals surface area (Å²) in [6.07, 6.45) is 4.77. The minimum Gasteiger partial charge on any atom is -0.368 e. The van der Waals surface area contributed by atoms with E-state index < -0.39 is 0 Å². The van der Waals surface area contributed by atoms with Crippen LogP contribution >= 0.6 is 24.0 Å². The van der Waals surface area contributed by atoms with Crippen molar-refractivity contribution in [3.63, 3.8) is 0 Å². The summed E-state index contributed by atoms with van der Waals surface area (Å²) >= 11 is 0. The molecule has 1 aliphatic heterocycles. The number of rotatable bonds is 5. The first-order valence-electron chi connectivity index (χ1n) is 8.70. The molecule has 1 saturated heterocycles. The molecule has 0 bridgehead atoms. The summed E-state index contributed by atoms with van der Waals surface area (Å²) < 4.78 is 15.0. The molecule has 0 aliphatic carbocycles. The van der Waals surface area contributed by atoms with Gasteiger partial charge in [-0.15, -0.1) is 24.0 Å². The number of aliphatic imine (C=N–C) groups is 1. The highest BCUT2D eigenvalue weighted by atomic mass is 127. The van der Waals surface area contributed by atoms with Gasteiger partial charge in [0.05, 0.1) is 0 Å². The molecule has 0 amide bonds. The maximum absolute atomic E-state index is 13.0. The summed E-state index contributed by atoms with van der Waals surface area (Å²) in [6.45, 7) is 5.37. The fourth-order valence-corrected chi connectivity index (χ4v) is 3.03. The van der Waals surface area contributed by atoms with Gasteiger partial charge in [0.15, 0.2) is 5.96 Å². The largest absolute Gasteiger partial charge is 0.368 e. The molecule has 0 spiro atoms. The number of halogens is 2. The Morgan fingerprint density at radius 1 is 1.19 bits per heavy atom. The first-order valence-corrected chi connectivity index (χ1v) is 8.70.